The van der Waals surface area contributed by atoms with Crippen LogP contribution >= 0.6 is 0 Å². The Morgan fingerprint density at radius 3 is 3.07 bits per heavy atom. The molecule has 1 aromatic heterocycles. The predicted molar refractivity (Wildman–Crippen MR) is 61.3 cm³/mol. The summed E-state index contributed by atoms with van der Waals surface area (Å²) in [5.41, 5.74) is 2.40. The molecule has 1 heterocycles. The Morgan fingerprint density at radius 1 is 1.60 bits per heavy atom. The van der Waals surface area contributed by atoms with Gasteiger partial charge in [-0.3, -0.25) is 0 Å². The molecule has 80 valence electrons. The summed E-state index contributed by atoms with van der Waals surface area (Å²) in [5.74, 6) is 0. The highest BCUT2D eigenvalue weighted by Crippen LogP contribution is 2.19. The monoisotopic (exact) mass is 203 g/mol. The number of hydrogen-bond donors (Lipinski definition) is 1. The van der Waals surface area contributed by atoms with Gasteiger partial charge in [0.1, 0.15) is 6.33 Å². The van der Waals surface area contributed by atoms with Crippen LogP contribution in [-0.2, 0) is 0 Å². The minimum absolute atomic E-state index is 0.769. The molecule has 0 aliphatic heterocycles. The largest absolute Gasteiger partial charge is 0.310 e. The van der Waals surface area contributed by atoms with Crippen molar-refractivity contribution in [3.63, 3.8) is 0 Å². The molecule has 0 amide bonds. The Labute approximate surface area is 90.6 Å². The highest BCUT2D eigenvalue weighted by molar-refractivity contribution is 5.48. The number of aromatic nitrogens is 2. The fourth-order valence-corrected chi connectivity index (χ4v) is 1.44. The van der Waals surface area contributed by atoms with Gasteiger partial charge in [0, 0.05) is 18.8 Å². The van der Waals surface area contributed by atoms with Crippen LogP contribution in [0.5, 0.6) is 0 Å². The van der Waals surface area contributed by atoms with Gasteiger partial charge in [0.25, 0.3) is 0 Å². The van der Waals surface area contributed by atoms with E-state index in [1.165, 1.54) is 18.4 Å². The molecule has 0 bridgehead atoms. The van der Waals surface area contributed by atoms with Crippen LogP contribution in [0.25, 0.3) is 6.08 Å². The average Bonchev–Trinajstić information content (AvgIpc) is 3.09. The molecule has 3 heteroatoms. The Bertz CT molecular complexity index is 328. The van der Waals surface area contributed by atoms with Crippen LogP contribution in [0.15, 0.2) is 24.2 Å². The SMILES string of the molecule is CCC(=Cc1ccncn1)CNC1CC1. The van der Waals surface area contributed by atoms with Crippen molar-refractivity contribution in [2.24, 2.45) is 0 Å². The summed E-state index contributed by atoms with van der Waals surface area (Å²) in [6.07, 6.45) is 9.27. The van der Waals surface area contributed by atoms with Gasteiger partial charge < -0.3 is 5.32 Å². The minimum atomic E-state index is 0.769. The maximum Gasteiger partial charge on any atom is 0.115 e. The maximum absolute atomic E-state index is 4.19. The maximum atomic E-state index is 4.19. The molecular weight excluding hydrogens is 186 g/mol. The fourth-order valence-electron chi connectivity index (χ4n) is 1.44. The summed E-state index contributed by atoms with van der Waals surface area (Å²) < 4.78 is 0. The third kappa shape index (κ3) is 3.44. The smallest absolute Gasteiger partial charge is 0.115 e. The third-order valence-electron chi connectivity index (χ3n) is 2.61. The van der Waals surface area contributed by atoms with Crippen molar-refractivity contribution in [3.8, 4) is 0 Å². The van der Waals surface area contributed by atoms with E-state index in [1.807, 2.05) is 6.07 Å². The molecule has 0 aromatic carbocycles. The first-order valence-corrected chi connectivity index (χ1v) is 5.57. The number of nitrogens with zero attached hydrogens (tertiary/aromatic N) is 2. The lowest BCUT2D eigenvalue weighted by atomic mass is 10.1. The Hall–Kier alpha value is -1.22. The van der Waals surface area contributed by atoms with Crippen LogP contribution in [0.3, 0.4) is 0 Å². The summed E-state index contributed by atoms with van der Waals surface area (Å²) in [6.45, 7) is 3.17. The van der Waals surface area contributed by atoms with Gasteiger partial charge >= 0.3 is 0 Å². The first-order chi connectivity index (χ1) is 7.38. The number of nitrogens with one attached hydrogen (secondary N) is 1. The standard InChI is InChI=1S/C12H17N3/c1-2-10(8-14-11-3-4-11)7-12-5-6-13-9-15-12/h5-7,9,11,14H,2-4,8H2,1H3. The van der Waals surface area contributed by atoms with E-state index < -0.39 is 0 Å². The third-order valence-corrected chi connectivity index (χ3v) is 2.61. The van der Waals surface area contributed by atoms with Gasteiger partial charge in [0.05, 0.1) is 5.69 Å². The van der Waals surface area contributed by atoms with Crippen LogP contribution < -0.4 is 5.32 Å². The van der Waals surface area contributed by atoms with E-state index in [1.54, 1.807) is 12.5 Å². The van der Waals surface area contributed by atoms with E-state index in [9.17, 15) is 0 Å². The van der Waals surface area contributed by atoms with Crippen LogP contribution in [0.1, 0.15) is 31.9 Å². The van der Waals surface area contributed by atoms with Crippen LogP contribution in [0.2, 0.25) is 0 Å². The molecule has 0 saturated heterocycles. The Kier molecular flexibility index (Phi) is 3.45. The molecule has 0 spiro atoms. The molecule has 1 saturated carbocycles. The summed E-state index contributed by atoms with van der Waals surface area (Å²) in [4.78, 5) is 8.10. The fraction of sp³-hybridized carbons (Fsp3) is 0.500. The molecule has 1 aliphatic rings. The Balaban J connectivity index is 1.94. The lowest BCUT2D eigenvalue weighted by Gasteiger charge is -2.05. The van der Waals surface area contributed by atoms with Crippen molar-refractivity contribution >= 4 is 6.08 Å². The first kappa shape index (κ1) is 10.3. The van der Waals surface area contributed by atoms with Gasteiger partial charge in [-0.05, 0) is 31.4 Å². The molecule has 1 aliphatic carbocycles. The highest BCUT2D eigenvalue weighted by atomic mass is 14.9. The van der Waals surface area contributed by atoms with Crippen molar-refractivity contribution in [2.45, 2.75) is 32.2 Å². The average molecular weight is 203 g/mol. The molecule has 1 aromatic rings. The van der Waals surface area contributed by atoms with Gasteiger partial charge in [0.15, 0.2) is 0 Å². The zero-order valence-corrected chi connectivity index (χ0v) is 9.11. The van der Waals surface area contributed by atoms with Crippen molar-refractivity contribution in [1.82, 2.24) is 15.3 Å². The van der Waals surface area contributed by atoms with E-state index >= 15 is 0 Å². The van der Waals surface area contributed by atoms with E-state index in [4.69, 9.17) is 0 Å². The second-order valence-electron chi connectivity index (χ2n) is 3.95. The van der Waals surface area contributed by atoms with Gasteiger partial charge in [-0.2, -0.15) is 0 Å². The van der Waals surface area contributed by atoms with E-state index in [0.717, 1.165) is 24.7 Å². The van der Waals surface area contributed by atoms with Crippen LogP contribution in [-0.4, -0.2) is 22.6 Å². The predicted octanol–water partition coefficient (Wildman–Crippen LogP) is 2.02. The molecule has 0 atom stereocenters. The second kappa shape index (κ2) is 5.03. The summed E-state index contributed by atoms with van der Waals surface area (Å²) >= 11 is 0. The van der Waals surface area contributed by atoms with Gasteiger partial charge in [-0.1, -0.05) is 12.5 Å². The quantitative estimate of drug-likeness (QED) is 0.795. The van der Waals surface area contributed by atoms with Crippen molar-refractivity contribution < 1.29 is 0 Å². The van der Waals surface area contributed by atoms with E-state index in [0.29, 0.717) is 0 Å². The molecule has 1 N–H and O–H groups in total. The molecule has 3 nitrogen and oxygen atoms in total. The molecule has 15 heavy (non-hydrogen) atoms. The minimum Gasteiger partial charge on any atom is -0.310 e. The van der Waals surface area contributed by atoms with Crippen LogP contribution in [0, 0.1) is 0 Å². The van der Waals surface area contributed by atoms with Crippen molar-refractivity contribution in [3.05, 3.63) is 29.9 Å². The Morgan fingerprint density at radius 2 is 2.47 bits per heavy atom. The lowest BCUT2D eigenvalue weighted by Crippen LogP contribution is -2.18. The summed E-state index contributed by atoms with van der Waals surface area (Å²) in [5, 5.41) is 3.52. The van der Waals surface area contributed by atoms with Gasteiger partial charge in [-0.15, -0.1) is 0 Å². The normalized spacial score (nSPS) is 16.7. The first-order valence-electron chi connectivity index (χ1n) is 5.57. The molecule has 0 unspecified atom stereocenters. The molecule has 0 radical (unpaired) electrons. The second-order valence-corrected chi connectivity index (χ2v) is 3.95. The summed E-state index contributed by atoms with van der Waals surface area (Å²) in [6, 6.07) is 2.71. The highest BCUT2D eigenvalue weighted by Gasteiger charge is 2.19. The van der Waals surface area contributed by atoms with Crippen molar-refractivity contribution in [2.75, 3.05) is 6.54 Å². The zero-order valence-electron chi connectivity index (χ0n) is 9.11. The molecule has 2 rings (SSSR count). The van der Waals surface area contributed by atoms with E-state index in [-0.39, 0.29) is 0 Å². The topological polar surface area (TPSA) is 37.8 Å². The summed E-state index contributed by atoms with van der Waals surface area (Å²) in [7, 11) is 0. The molecule has 1 fully saturated rings. The zero-order chi connectivity index (χ0) is 10.5. The number of rotatable bonds is 5. The van der Waals surface area contributed by atoms with Gasteiger partial charge in [-0.25, -0.2) is 9.97 Å². The van der Waals surface area contributed by atoms with Crippen molar-refractivity contribution in [1.29, 1.82) is 0 Å². The number of hydrogen-bond acceptors (Lipinski definition) is 3. The lowest BCUT2D eigenvalue weighted by molar-refractivity contribution is 0.722. The van der Waals surface area contributed by atoms with Crippen LogP contribution in [0.4, 0.5) is 0 Å². The molecular formula is C12H17N3. The van der Waals surface area contributed by atoms with Gasteiger partial charge in [0.2, 0.25) is 0 Å². The van der Waals surface area contributed by atoms with E-state index in [2.05, 4.69) is 28.3 Å².